The number of carbonyl (C=O) groups is 1. The number of aromatic carboxylic acids is 1. The number of nitro groups is 1. The van der Waals surface area contributed by atoms with Gasteiger partial charge in [-0.25, -0.2) is 9.78 Å². The molecule has 114 valence electrons. The molecular formula is C13H17N3O5. The Bertz CT molecular complexity index is 555. The van der Waals surface area contributed by atoms with Crippen LogP contribution >= 0.6 is 0 Å². The summed E-state index contributed by atoms with van der Waals surface area (Å²) in [7, 11) is 0. The smallest absolute Gasteiger partial charge is 0.354 e. The Morgan fingerprint density at radius 3 is 2.57 bits per heavy atom. The number of carboxylic acid groups (broad SMARTS) is 1. The molecule has 1 aliphatic carbocycles. The van der Waals surface area contributed by atoms with Gasteiger partial charge in [0.05, 0.1) is 17.1 Å². The minimum Gasteiger partial charge on any atom is -0.477 e. The van der Waals surface area contributed by atoms with Gasteiger partial charge in [-0.05, 0) is 18.9 Å². The Kier molecular flexibility index (Phi) is 4.37. The monoisotopic (exact) mass is 295 g/mol. The van der Waals surface area contributed by atoms with Gasteiger partial charge < -0.3 is 15.5 Å². The number of hydrogen-bond donors (Lipinski definition) is 3. The lowest BCUT2D eigenvalue weighted by molar-refractivity contribution is -0.384. The SMILES string of the molecule is O=C(O)c1ccc([N+](=O)[O-])c(NC2(CO)CCCCC2)n1. The molecule has 1 saturated carbocycles. The average Bonchev–Trinajstić information content (AvgIpc) is 2.47. The van der Waals surface area contributed by atoms with E-state index in [9.17, 15) is 20.0 Å². The molecule has 0 atom stereocenters. The fourth-order valence-corrected chi connectivity index (χ4v) is 2.61. The average molecular weight is 295 g/mol. The van der Waals surface area contributed by atoms with Gasteiger partial charge in [0.15, 0.2) is 5.69 Å². The number of carboxylic acids is 1. The summed E-state index contributed by atoms with van der Waals surface area (Å²) in [5.74, 6) is -1.36. The second-order valence-corrected chi connectivity index (χ2v) is 5.25. The first-order chi connectivity index (χ1) is 9.97. The lowest BCUT2D eigenvalue weighted by atomic mass is 9.82. The van der Waals surface area contributed by atoms with E-state index in [0.717, 1.165) is 31.4 Å². The highest BCUT2D eigenvalue weighted by atomic mass is 16.6. The topological polar surface area (TPSA) is 126 Å². The summed E-state index contributed by atoms with van der Waals surface area (Å²) in [5.41, 5.74) is -1.24. The molecule has 0 unspecified atom stereocenters. The third-order valence-corrected chi connectivity index (χ3v) is 3.79. The molecule has 0 radical (unpaired) electrons. The van der Waals surface area contributed by atoms with Crippen molar-refractivity contribution in [3.05, 3.63) is 27.9 Å². The number of pyridine rings is 1. The fourth-order valence-electron chi connectivity index (χ4n) is 2.61. The number of nitrogens with zero attached hydrogens (tertiary/aromatic N) is 2. The minimum atomic E-state index is -1.25. The molecule has 0 amide bonds. The van der Waals surface area contributed by atoms with E-state index >= 15 is 0 Å². The van der Waals surface area contributed by atoms with Crippen molar-refractivity contribution in [1.29, 1.82) is 0 Å². The van der Waals surface area contributed by atoms with E-state index in [1.54, 1.807) is 0 Å². The van der Waals surface area contributed by atoms with Gasteiger partial charge in [-0.1, -0.05) is 19.3 Å². The quantitative estimate of drug-likeness (QED) is 0.558. The summed E-state index contributed by atoms with van der Waals surface area (Å²) >= 11 is 0. The zero-order valence-corrected chi connectivity index (χ0v) is 11.4. The Balaban J connectivity index is 2.37. The van der Waals surface area contributed by atoms with Crippen LogP contribution in [-0.2, 0) is 0 Å². The summed E-state index contributed by atoms with van der Waals surface area (Å²) in [6.07, 6.45) is 4.19. The lowest BCUT2D eigenvalue weighted by Crippen LogP contribution is -2.44. The second-order valence-electron chi connectivity index (χ2n) is 5.25. The van der Waals surface area contributed by atoms with Crippen molar-refractivity contribution in [1.82, 2.24) is 4.98 Å². The van der Waals surface area contributed by atoms with Crippen LogP contribution < -0.4 is 5.32 Å². The first-order valence-electron chi connectivity index (χ1n) is 6.75. The van der Waals surface area contributed by atoms with Crippen LogP contribution in [0.3, 0.4) is 0 Å². The third-order valence-electron chi connectivity index (χ3n) is 3.79. The Labute approximate surface area is 121 Å². The second kappa shape index (κ2) is 6.04. The molecule has 1 fully saturated rings. The normalized spacial score (nSPS) is 17.2. The summed E-state index contributed by atoms with van der Waals surface area (Å²) in [5, 5.41) is 32.6. The van der Waals surface area contributed by atoms with Gasteiger partial charge >= 0.3 is 11.7 Å². The van der Waals surface area contributed by atoms with Gasteiger partial charge in [-0.15, -0.1) is 0 Å². The number of nitrogens with one attached hydrogen (secondary N) is 1. The minimum absolute atomic E-state index is 0.101. The van der Waals surface area contributed by atoms with Crippen molar-refractivity contribution in [3.8, 4) is 0 Å². The highest BCUT2D eigenvalue weighted by molar-refractivity contribution is 5.86. The highest BCUT2D eigenvalue weighted by Crippen LogP contribution is 2.33. The van der Waals surface area contributed by atoms with Crippen LogP contribution in [-0.4, -0.2) is 38.2 Å². The summed E-state index contributed by atoms with van der Waals surface area (Å²) in [4.78, 5) is 25.2. The van der Waals surface area contributed by atoms with Crippen molar-refractivity contribution in [2.75, 3.05) is 11.9 Å². The van der Waals surface area contributed by atoms with Gasteiger partial charge in [0.1, 0.15) is 0 Å². The maximum Gasteiger partial charge on any atom is 0.354 e. The van der Waals surface area contributed by atoms with Crippen molar-refractivity contribution < 1.29 is 19.9 Å². The number of rotatable bonds is 5. The molecule has 0 aliphatic heterocycles. The molecule has 0 aromatic carbocycles. The predicted molar refractivity (Wildman–Crippen MR) is 74.4 cm³/mol. The lowest BCUT2D eigenvalue weighted by Gasteiger charge is -2.36. The molecule has 1 aromatic heterocycles. The predicted octanol–water partition coefficient (Wildman–Crippen LogP) is 1.80. The number of anilines is 1. The number of aromatic nitrogens is 1. The van der Waals surface area contributed by atoms with E-state index in [2.05, 4.69) is 10.3 Å². The molecule has 8 heteroatoms. The molecule has 0 spiro atoms. The molecular weight excluding hydrogens is 278 g/mol. The van der Waals surface area contributed by atoms with Crippen molar-refractivity contribution >= 4 is 17.5 Å². The summed E-state index contributed by atoms with van der Waals surface area (Å²) in [6.45, 7) is -0.177. The van der Waals surface area contributed by atoms with E-state index in [-0.39, 0.29) is 23.8 Å². The number of aliphatic hydroxyl groups is 1. The molecule has 1 aliphatic rings. The van der Waals surface area contributed by atoms with Crippen LogP contribution in [0.2, 0.25) is 0 Å². The molecule has 3 N–H and O–H groups in total. The molecule has 0 bridgehead atoms. The van der Waals surface area contributed by atoms with Crippen LogP contribution in [0.4, 0.5) is 11.5 Å². The van der Waals surface area contributed by atoms with Gasteiger partial charge in [0.2, 0.25) is 5.82 Å². The Hall–Kier alpha value is -2.22. The van der Waals surface area contributed by atoms with Crippen LogP contribution in [0.25, 0.3) is 0 Å². The van der Waals surface area contributed by atoms with Crippen molar-refractivity contribution in [2.45, 2.75) is 37.6 Å². The van der Waals surface area contributed by atoms with E-state index in [4.69, 9.17) is 5.11 Å². The summed E-state index contributed by atoms with van der Waals surface area (Å²) < 4.78 is 0. The van der Waals surface area contributed by atoms with Crippen LogP contribution in [0, 0.1) is 10.1 Å². The van der Waals surface area contributed by atoms with E-state index in [1.165, 1.54) is 0 Å². The Morgan fingerprint density at radius 2 is 2.05 bits per heavy atom. The number of hydrogen-bond acceptors (Lipinski definition) is 6. The third kappa shape index (κ3) is 3.27. The molecule has 2 rings (SSSR count). The molecule has 8 nitrogen and oxygen atoms in total. The molecule has 1 aromatic rings. The standard InChI is InChI=1S/C13H17N3O5/c17-8-13(6-2-1-3-7-13)15-11-10(16(20)21)5-4-9(14-11)12(18)19/h4-5,17H,1-3,6-8H2,(H,14,15)(H,18,19). The largest absolute Gasteiger partial charge is 0.477 e. The molecule has 0 saturated heterocycles. The van der Waals surface area contributed by atoms with Crippen molar-refractivity contribution in [2.24, 2.45) is 0 Å². The van der Waals surface area contributed by atoms with Crippen LogP contribution in [0.5, 0.6) is 0 Å². The van der Waals surface area contributed by atoms with Crippen molar-refractivity contribution in [3.63, 3.8) is 0 Å². The first-order valence-corrected chi connectivity index (χ1v) is 6.75. The van der Waals surface area contributed by atoms with Gasteiger partial charge in [-0.2, -0.15) is 0 Å². The van der Waals surface area contributed by atoms with E-state index in [0.29, 0.717) is 12.8 Å². The molecule has 21 heavy (non-hydrogen) atoms. The van der Waals surface area contributed by atoms with Crippen LogP contribution in [0.1, 0.15) is 42.6 Å². The zero-order chi connectivity index (χ0) is 15.5. The van der Waals surface area contributed by atoms with Crippen LogP contribution in [0.15, 0.2) is 12.1 Å². The van der Waals surface area contributed by atoms with Gasteiger partial charge in [0, 0.05) is 6.07 Å². The van der Waals surface area contributed by atoms with E-state index < -0.39 is 16.4 Å². The van der Waals surface area contributed by atoms with Gasteiger partial charge in [-0.3, -0.25) is 10.1 Å². The van der Waals surface area contributed by atoms with Gasteiger partial charge in [0.25, 0.3) is 0 Å². The highest BCUT2D eigenvalue weighted by Gasteiger charge is 2.34. The Morgan fingerprint density at radius 1 is 1.38 bits per heavy atom. The first kappa shape index (κ1) is 15.2. The van der Waals surface area contributed by atoms with E-state index in [1.807, 2.05) is 0 Å². The maximum atomic E-state index is 11.1. The summed E-state index contributed by atoms with van der Waals surface area (Å²) in [6, 6.07) is 2.21. The number of aliphatic hydroxyl groups excluding tert-OH is 1. The molecule has 1 heterocycles. The fraction of sp³-hybridized carbons (Fsp3) is 0.538. The maximum absolute atomic E-state index is 11.1. The zero-order valence-electron chi connectivity index (χ0n) is 11.4.